The second-order valence-corrected chi connectivity index (χ2v) is 5.99. The Kier molecular flexibility index (Phi) is 3.50. The highest BCUT2D eigenvalue weighted by molar-refractivity contribution is 6.31. The van der Waals surface area contributed by atoms with Gasteiger partial charge in [-0.15, -0.1) is 0 Å². The lowest BCUT2D eigenvalue weighted by molar-refractivity contribution is -0.120. The summed E-state index contributed by atoms with van der Waals surface area (Å²) in [6.07, 6.45) is 4.80. The number of nitrogens with one attached hydrogen (secondary N) is 2. The first-order chi connectivity index (χ1) is 9.20. The van der Waals surface area contributed by atoms with Crippen molar-refractivity contribution in [2.75, 3.05) is 6.54 Å². The Hall–Kier alpha value is -1.06. The van der Waals surface area contributed by atoms with E-state index in [0.717, 1.165) is 37.3 Å². The van der Waals surface area contributed by atoms with E-state index in [1.54, 1.807) is 0 Å². The zero-order chi connectivity index (χ0) is 13.3. The van der Waals surface area contributed by atoms with Gasteiger partial charge in [0.2, 0.25) is 5.91 Å². The Morgan fingerprint density at radius 1 is 1.26 bits per heavy atom. The number of carbonyl (C=O) groups excluding carboxylic acids is 1. The number of benzene rings is 1. The van der Waals surface area contributed by atoms with E-state index in [4.69, 9.17) is 11.6 Å². The second-order valence-electron chi connectivity index (χ2n) is 5.58. The molecule has 1 aromatic carbocycles. The molecule has 102 valence electrons. The minimum absolute atomic E-state index is 0.0520. The van der Waals surface area contributed by atoms with Crippen LogP contribution in [0.3, 0.4) is 0 Å². The summed E-state index contributed by atoms with van der Waals surface area (Å²) in [7, 11) is 0. The molecule has 19 heavy (non-hydrogen) atoms. The molecule has 2 aliphatic rings. The lowest BCUT2D eigenvalue weighted by atomic mass is 10.0. The molecule has 0 spiro atoms. The number of halogens is 1. The molecule has 4 heteroatoms. The Labute approximate surface area is 118 Å². The summed E-state index contributed by atoms with van der Waals surface area (Å²) in [5.41, 5.74) is 1.26. The lowest BCUT2D eigenvalue weighted by Crippen LogP contribution is -2.39. The number of hydrogen-bond acceptors (Lipinski definition) is 2. The van der Waals surface area contributed by atoms with Gasteiger partial charge in [-0.3, -0.25) is 4.79 Å². The van der Waals surface area contributed by atoms with E-state index in [9.17, 15) is 4.79 Å². The third-order valence-electron chi connectivity index (χ3n) is 4.15. The normalized spacial score (nSPS) is 25.5. The van der Waals surface area contributed by atoms with Crippen molar-refractivity contribution in [2.24, 2.45) is 0 Å². The van der Waals surface area contributed by atoms with Gasteiger partial charge in [0.05, 0.1) is 0 Å². The number of rotatable bonds is 3. The van der Waals surface area contributed by atoms with Crippen molar-refractivity contribution < 1.29 is 4.79 Å². The fraction of sp³-hybridized carbons (Fsp3) is 0.533. The molecule has 1 aromatic rings. The lowest BCUT2D eigenvalue weighted by Gasteiger charge is -2.25. The molecule has 3 rings (SSSR count). The third kappa shape index (κ3) is 2.77. The van der Waals surface area contributed by atoms with Gasteiger partial charge < -0.3 is 10.6 Å². The van der Waals surface area contributed by atoms with Crippen molar-refractivity contribution in [1.82, 2.24) is 10.6 Å². The van der Waals surface area contributed by atoms with Crippen LogP contribution in [0.5, 0.6) is 0 Å². The summed E-state index contributed by atoms with van der Waals surface area (Å²) in [6.45, 7) is 0.773. The Morgan fingerprint density at radius 3 is 2.79 bits per heavy atom. The Balaban J connectivity index is 1.72. The highest BCUT2D eigenvalue weighted by Crippen LogP contribution is 2.48. The van der Waals surface area contributed by atoms with Gasteiger partial charge in [-0.25, -0.2) is 0 Å². The van der Waals surface area contributed by atoms with Crippen LogP contribution in [-0.4, -0.2) is 18.5 Å². The zero-order valence-electron chi connectivity index (χ0n) is 10.9. The quantitative estimate of drug-likeness (QED) is 0.892. The SMILES string of the molecule is O=C1CCC(NC2(c3ccccc3Cl)CC2)CCN1. The summed E-state index contributed by atoms with van der Waals surface area (Å²) in [5.74, 6) is 0.173. The first-order valence-electron chi connectivity index (χ1n) is 6.99. The minimum Gasteiger partial charge on any atom is -0.356 e. The maximum Gasteiger partial charge on any atom is 0.220 e. The maximum atomic E-state index is 11.4. The van der Waals surface area contributed by atoms with E-state index in [2.05, 4.69) is 16.7 Å². The monoisotopic (exact) mass is 278 g/mol. The van der Waals surface area contributed by atoms with Crippen LogP contribution in [0.25, 0.3) is 0 Å². The zero-order valence-corrected chi connectivity index (χ0v) is 11.7. The highest BCUT2D eigenvalue weighted by atomic mass is 35.5. The summed E-state index contributed by atoms with van der Waals surface area (Å²) in [5, 5.41) is 7.52. The van der Waals surface area contributed by atoms with E-state index in [1.165, 1.54) is 5.56 Å². The van der Waals surface area contributed by atoms with E-state index >= 15 is 0 Å². The molecule has 1 unspecified atom stereocenters. The molecular formula is C15H19ClN2O. The molecule has 1 saturated carbocycles. The van der Waals surface area contributed by atoms with Crippen molar-refractivity contribution in [3.05, 3.63) is 34.9 Å². The molecule has 2 N–H and O–H groups in total. The molecule has 0 aromatic heterocycles. The molecule has 1 heterocycles. The molecule has 1 amide bonds. The number of amides is 1. The van der Waals surface area contributed by atoms with Crippen molar-refractivity contribution in [3.8, 4) is 0 Å². The van der Waals surface area contributed by atoms with Crippen LogP contribution in [0.15, 0.2) is 24.3 Å². The van der Waals surface area contributed by atoms with Gasteiger partial charge in [0.1, 0.15) is 0 Å². The predicted molar refractivity (Wildman–Crippen MR) is 76.1 cm³/mol. The number of hydrogen-bond donors (Lipinski definition) is 2. The van der Waals surface area contributed by atoms with Crippen molar-refractivity contribution in [3.63, 3.8) is 0 Å². The van der Waals surface area contributed by atoms with E-state index in [-0.39, 0.29) is 11.4 Å². The van der Waals surface area contributed by atoms with Gasteiger partial charge in [0.25, 0.3) is 0 Å². The molecule has 0 bridgehead atoms. The van der Waals surface area contributed by atoms with Crippen molar-refractivity contribution in [1.29, 1.82) is 0 Å². The smallest absolute Gasteiger partial charge is 0.220 e. The molecular weight excluding hydrogens is 260 g/mol. The van der Waals surface area contributed by atoms with Crippen LogP contribution in [0.2, 0.25) is 5.02 Å². The average Bonchev–Trinajstić information content (AvgIpc) is 3.18. The van der Waals surface area contributed by atoms with Gasteiger partial charge in [0.15, 0.2) is 0 Å². The molecule has 1 aliphatic carbocycles. The highest BCUT2D eigenvalue weighted by Gasteiger charge is 2.46. The van der Waals surface area contributed by atoms with Gasteiger partial charge in [-0.2, -0.15) is 0 Å². The molecule has 1 atom stereocenters. The minimum atomic E-state index is 0.0520. The molecule has 1 saturated heterocycles. The predicted octanol–water partition coefficient (Wildman–Crippen LogP) is 2.59. The first kappa shape index (κ1) is 12.9. The van der Waals surface area contributed by atoms with Gasteiger partial charge in [-0.1, -0.05) is 29.8 Å². The number of carbonyl (C=O) groups is 1. The van der Waals surface area contributed by atoms with Gasteiger partial charge in [0, 0.05) is 29.6 Å². The van der Waals surface area contributed by atoms with Crippen LogP contribution in [0.4, 0.5) is 0 Å². The van der Waals surface area contributed by atoms with Crippen LogP contribution in [0, 0.1) is 0 Å². The Bertz CT molecular complexity index is 485. The fourth-order valence-electron chi connectivity index (χ4n) is 2.92. The summed E-state index contributed by atoms with van der Waals surface area (Å²) in [6, 6.07) is 8.48. The molecule has 1 aliphatic heterocycles. The third-order valence-corrected chi connectivity index (χ3v) is 4.48. The van der Waals surface area contributed by atoms with E-state index in [1.807, 2.05) is 18.2 Å². The standard InChI is InChI=1S/C15H19ClN2O/c16-13-4-2-1-3-12(13)15(8-9-15)18-11-5-6-14(19)17-10-7-11/h1-4,11,18H,5-10H2,(H,17,19). The molecule has 0 radical (unpaired) electrons. The van der Waals surface area contributed by atoms with E-state index in [0.29, 0.717) is 12.5 Å². The largest absolute Gasteiger partial charge is 0.356 e. The molecule has 2 fully saturated rings. The van der Waals surface area contributed by atoms with E-state index < -0.39 is 0 Å². The second kappa shape index (κ2) is 5.14. The van der Waals surface area contributed by atoms with Crippen molar-refractivity contribution >= 4 is 17.5 Å². The maximum absolute atomic E-state index is 11.4. The summed E-state index contributed by atoms with van der Waals surface area (Å²) < 4.78 is 0. The van der Waals surface area contributed by atoms with Crippen LogP contribution < -0.4 is 10.6 Å². The summed E-state index contributed by atoms with van der Waals surface area (Å²) in [4.78, 5) is 11.4. The van der Waals surface area contributed by atoms with Gasteiger partial charge in [-0.05, 0) is 37.3 Å². The average molecular weight is 279 g/mol. The summed E-state index contributed by atoms with van der Waals surface area (Å²) >= 11 is 6.32. The van der Waals surface area contributed by atoms with Crippen LogP contribution in [0.1, 0.15) is 37.7 Å². The Morgan fingerprint density at radius 2 is 2.05 bits per heavy atom. The first-order valence-corrected chi connectivity index (χ1v) is 7.37. The fourth-order valence-corrected chi connectivity index (χ4v) is 3.24. The van der Waals surface area contributed by atoms with Crippen LogP contribution >= 0.6 is 11.6 Å². The molecule has 3 nitrogen and oxygen atoms in total. The van der Waals surface area contributed by atoms with Gasteiger partial charge >= 0.3 is 0 Å². The topological polar surface area (TPSA) is 41.1 Å². The van der Waals surface area contributed by atoms with Crippen molar-refractivity contribution in [2.45, 2.75) is 43.7 Å². The van der Waals surface area contributed by atoms with Crippen LogP contribution in [-0.2, 0) is 10.3 Å².